The van der Waals surface area contributed by atoms with Crippen LogP contribution >= 0.6 is 22.9 Å². The van der Waals surface area contributed by atoms with E-state index in [9.17, 15) is 13.2 Å². The van der Waals surface area contributed by atoms with Gasteiger partial charge < -0.3 is 9.47 Å². The molecule has 1 aliphatic heterocycles. The van der Waals surface area contributed by atoms with Gasteiger partial charge in [0.05, 0.1) is 34.4 Å². The number of methoxy groups -OCH3 is 1. The quantitative estimate of drug-likeness (QED) is 0.301. The Morgan fingerprint density at radius 2 is 1.97 bits per heavy atom. The van der Waals surface area contributed by atoms with Crippen LogP contribution in [0, 0.1) is 0 Å². The Morgan fingerprint density at radius 3 is 2.59 bits per heavy atom. The van der Waals surface area contributed by atoms with Gasteiger partial charge in [0.25, 0.3) is 5.91 Å². The lowest BCUT2D eigenvalue weighted by Crippen LogP contribution is -2.37. The summed E-state index contributed by atoms with van der Waals surface area (Å²) < 4.78 is 39.7. The van der Waals surface area contributed by atoms with Crippen LogP contribution in [0.1, 0.15) is 49.9 Å². The number of carbonyl (C=O) groups excluding carboxylic acids is 1. The smallest absolute Gasteiger partial charge is 0.260 e. The van der Waals surface area contributed by atoms with Gasteiger partial charge in [-0.25, -0.2) is 13.4 Å². The SMILES string of the molecule is CCCCN(CC)S(=O)(=O)c1ccc(C(=O)N(CC2CCCO2)c2nc3c(OC)ccc(Cl)c3s2)cc1. The highest BCUT2D eigenvalue weighted by molar-refractivity contribution is 7.89. The van der Waals surface area contributed by atoms with Crippen molar-refractivity contribution in [2.24, 2.45) is 0 Å². The minimum Gasteiger partial charge on any atom is -0.494 e. The summed E-state index contributed by atoms with van der Waals surface area (Å²) in [6.45, 7) is 5.70. The Labute approximate surface area is 227 Å². The highest BCUT2D eigenvalue weighted by Gasteiger charge is 2.29. The number of rotatable bonds is 11. The fourth-order valence-corrected chi connectivity index (χ4v) is 7.07. The van der Waals surface area contributed by atoms with Gasteiger partial charge in [-0.2, -0.15) is 4.31 Å². The van der Waals surface area contributed by atoms with Crippen LogP contribution in [0.3, 0.4) is 0 Å². The third kappa shape index (κ3) is 5.93. The van der Waals surface area contributed by atoms with Gasteiger partial charge in [0.2, 0.25) is 10.0 Å². The zero-order chi connectivity index (χ0) is 26.6. The van der Waals surface area contributed by atoms with Crippen LogP contribution in [0.2, 0.25) is 5.02 Å². The van der Waals surface area contributed by atoms with E-state index in [4.69, 9.17) is 26.1 Å². The molecule has 1 saturated heterocycles. The molecule has 0 radical (unpaired) electrons. The van der Waals surface area contributed by atoms with E-state index in [-0.39, 0.29) is 16.9 Å². The summed E-state index contributed by atoms with van der Waals surface area (Å²) in [4.78, 5) is 20.2. The molecule has 1 aliphatic rings. The van der Waals surface area contributed by atoms with Gasteiger partial charge in [0.1, 0.15) is 11.3 Å². The number of aromatic nitrogens is 1. The number of anilines is 1. The number of benzene rings is 2. The third-order valence-electron chi connectivity index (χ3n) is 6.41. The first-order valence-electron chi connectivity index (χ1n) is 12.5. The monoisotopic (exact) mass is 565 g/mol. The van der Waals surface area contributed by atoms with Gasteiger partial charge in [-0.1, -0.05) is 43.2 Å². The van der Waals surface area contributed by atoms with E-state index < -0.39 is 10.0 Å². The number of fused-ring (bicyclic) bond motifs is 1. The second-order valence-corrected chi connectivity index (χ2v) is 12.2. The summed E-state index contributed by atoms with van der Waals surface area (Å²) in [7, 11) is -2.07. The molecule has 11 heteroatoms. The van der Waals surface area contributed by atoms with Crippen molar-refractivity contribution in [1.82, 2.24) is 9.29 Å². The van der Waals surface area contributed by atoms with Gasteiger partial charge in [0, 0.05) is 25.3 Å². The molecule has 1 unspecified atom stereocenters. The number of unbranched alkanes of at least 4 members (excludes halogenated alkanes) is 1. The maximum Gasteiger partial charge on any atom is 0.260 e. The lowest BCUT2D eigenvalue weighted by molar-refractivity contribution is 0.0917. The molecule has 0 aliphatic carbocycles. The normalized spacial score (nSPS) is 16.0. The van der Waals surface area contributed by atoms with Gasteiger partial charge in [0.15, 0.2) is 5.13 Å². The Hall–Kier alpha value is -2.24. The molecule has 1 fully saturated rings. The predicted octanol–water partition coefficient (Wildman–Crippen LogP) is 5.59. The molecule has 1 amide bonds. The van der Waals surface area contributed by atoms with Crippen molar-refractivity contribution in [2.75, 3.05) is 38.3 Å². The number of ether oxygens (including phenoxy) is 2. The zero-order valence-corrected chi connectivity index (χ0v) is 23.7. The summed E-state index contributed by atoms with van der Waals surface area (Å²) in [6.07, 6.45) is 3.37. The standard InChI is InChI=1S/C26H32ClN3O5S2/c1-4-6-15-29(5-2)37(32,33)20-11-9-18(10-12-20)25(31)30(17-19-8-7-16-35-19)26-28-23-22(34-3)14-13-21(27)24(23)36-26/h9-14,19H,4-8,15-17H2,1-3H3. The molecule has 2 aromatic carbocycles. The van der Waals surface area contributed by atoms with Crippen LogP contribution in [0.4, 0.5) is 5.13 Å². The molecule has 37 heavy (non-hydrogen) atoms. The minimum atomic E-state index is -3.64. The molecule has 1 aromatic heterocycles. The second kappa shape index (κ2) is 12.1. The van der Waals surface area contributed by atoms with Gasteiger partial charge in [-0.15, -0.1) is 0 Å². The molecule has 200 valence electrons. The summed E-state index contributed by atoms with van der Waals surface area (Å²) >= 11 is 7.74. The van der Waals surface area contributed by atoms with Crippen LogP contribution in [-0.2, 0) is 14.8 Å². The average Bonchev–Trinajstić information content (AvgIpc) is 3.58. The number of hydrogen-bond acceptors (Lipinski definition) is 7. The largest absolute Gasteiger partial charge is 0.494 e. The number of nitrogens with zero attached hydrogens (tertiary/aromatic N) is 3. The molecule has 8 nitrogen and oxygen atoms in total. The van der Waals surface area contributed by atoms with E-state index in [0.717, 1.165) is 30.4 Å². The molecule has 1 atom stereocenters. The number of thiazole rings is 1. The van der Waals surface area contributed by atoms with Crippen LogP contribution in [0.15, 0.2) is 41.3 Å². The molecular formula is C26H32ClN3O5S2. The van der Waals surface area contributed by atoms with Crippen molar-refractivity contribution >= 4 is 54.2 Å². The van der Waals surface area contributed by atoms with Crippen LogP contribution in [0.25, 0.3) is 10.2 Å². The first-order valence-corrected chi connectivity index (χ1v) is 15.1. The van der Waals surface area contributed by atoms with Crippen molar-refractivity contribution in [1.29, 1.82) is 0 Å². The molecule has 4 rings (SSSR count). The molecule has 0 saturated carbocycles. The highest BCUT2D eigenvalue weighted by atomic mass is 35.5. The van der Waals surface area contributed by atoms with Crippen LogP contribution in [0.5, 0.6) is 5.75 Å². The third-order valence-corrected chi connectivity index (χ3v) is 9.93. The fourth-order valence-electron chi connectivity index (χ4n) is 4.32. The van der Waals surface area contributed by atoms with Gasteiger partial charge >= 0.3 is 0 Å². The number of halogens is 1. The second-order valence-electron chi connectivity index (χ2n) is 8.85. The van der Waals surface area contributed by atoms with E-state index in [0.29, 0.717) is 53.2 Å². The minimum absolute atomic E-state index is 0.107. The maximum absolute atomic E-state index is 13.8. The van der Waals surface area contributed by atoms with Crippen molar-refractivity contribution in [3.8, 4) is 5.75 Å². The van der Waals surface area contributed by atoms with E-state index >= 15 is 0 Å². The van der Waals surface area contributed by atoms with E-state index in [1.807, 2.05) is 13.8 Å². The van der Waals surface area contributed by atoms with Crippen LogP contribution < -0.4 is 9.64 Å². The van der Waals surface area contributed by atoms with Crippen molar-refractivity contribution in [3.05, 3.63) is 47.0 Å². The molecular weight excluding hydrogens is 534 g/mol. The van der Waals surface area contributed by atoms with Crippen LogP contribution in [-0.4, -0.2) is 63.1 Å². The van der Waals surface area contributed by atoms with E-state index in [2.05, 4.69) is 0 Å². The summed E-state index contributed by atoms with van der Waals surface area (Å²) in [5, 5.41) is 1.01. The molecule has 3 aromatic rings. The molecule has 0 N–H and O–H groups in total. The predicted molar refractivity (Wildman–Crippen MR) is 148 cm³/mol. The molecule has 0 bridgehead atoms. The lowest BCUT2D eigenvalue weighted by Gasteiger charge is -2.23. The molecule has 0 spiro atoms. The summed E-state index contributed by atoms with van der Waals surface area (Å²) in [6, 6.07) is 9.62. The Morgan fingerprint density at radius 1 is 1.22 bits per heavy atom. The maximum atomic E-state index is 13.8. The van der Waals surface area contributed by atoms with E-state index in [1.54, 1.807) is 36.3 Å². The Kier molecular flexibility index (Phi) is 9.07. The average molecular weight is 566 g/mol. The number of amides is 1. The van der Waals surface area contributed by atoms with Gasteiger partial charge in [-0.05, 0) is 55.7 Å². The zero-order valence-electron chi connectivity index (χ0n) is 21.3. The van der Waals surface area contributed by atoms with Crippen molar-refractivity contribution < 1.29 is 22.7 Å². The van der Waals surface area contributed by atoms with Crippen molar-refractivity contribution in [2.45, 2.75) is 50.5 Å². The number of sulfonamides is 1. The fraction of sp³-hybridized carbons (Fsp3) is 0.462. The Balaban J connectivity index is 1.66. The van der Waals surface area contributed by atoms with Crippen molar-refractivity contribution in [3.63, 3.8) is 0 Å². The Bertz CT molecular complexity index is 1340. The number of hydrogen-bond donors (Lipinski definition) is 0. The highest BCUT2D eigenvalue weighted by Crippen LogP contribution is 2.39. The topological polar surface area (TPSA) is 89.0 Å². The molecule has 2 heterocycles. The van der Waals surface area contributed by atoms with Gasteiger partial charge in [-0.3, -0.25) is 9.69 Å². The summed E-state index contributed by atoms with van der Waals surface area (Å²) in [5.74, 6) is 0.288. The first kappa shape index (κ1) is 27.8. The number of carbonyl (C=O) groups is 1. The summed E-state index contributed by atoms with van der Waals surface area (Å²) in [5.41, 5.74) is 0.958. The lowest BCUT2D eigenvalue weighted by atomic mass is 10.2. The van der Waals surface area contributed by atoms with E-state index in [1.165, 1.54) is 27.8 Å². The first-order chi connectivity index (χ1) is 17.8.